The smallest absolute Gasteiger partial charge is 0.200 e. The first-order chi connectivity index (χ1) is 12.2. The summed E-state index contributed by atoms with van der Waals surface area (Å²) in [5.41, 5.74) is 0.239. The summed E-state index contributed by atoms with van der Waals surface area (Å²) in [5.74, 6) is 4.09. The van der Waals surface area contributed by atoms with Crippen molar-refractivity contribution in [3.05, 3.63) is 0 Å². The molecule has 5 saturated carbocycles. The van der Waals surface area contributed by atoms with Gasteiger partial charge in [-0.05, 0) is 80.1 Å². The second kappa shape index (κ2) is 4.81. The zero-order valence-electron chi connectivity index (χ0n) is 15.9. The molecule has 6 rings (SSSR count). The van der Waals surface area contributed by atoms with Crippen molar-refractivity contribution in [2.75, 3.05) is 27.9 Å². The van der Waals surface area contributed by atoms with E-state index in [2.05, 4.69) is 5.32 Å². The number of ether oxygens (including phenoxy) is 3. The van der Waals surface area contributed by atoms with E-state index in [1.165, 1.54) is 38.6 Å². The number of hydrogen-bond acceptors (Lipinski definition) is 4. The number of nitrogens with one attached hydrogen (secondary N) is 1. The normalized spacial score (nSPS) is 59.9. The molecule has 1 aliphatic heterocycles. The first-order valence-corrected chi connectivity index (χ1v) is 10.6. The fraction of sp³-hybridized carbons (Fsp3) is 1.00. The summed E-state index contributed by atoms with van der Waals surface area (Å²) in [7, 11) is 5.61. The monoisotopic (exact) mass is 347 g/mol. The van der Waals surface area contributed by atoms with Crippen molar-refractivity contribution < 1.29 is 14.2 Å². The van der Waals surface area contributed by atoms with Crippen LogP contribution in [0.4, 0.5) is 0 Å². The molecule has 6 fully saturated rings. The minimum absolute atomic E-state index is 0.247. The van der Waals surface area contributed by atoms with E-state index in [4.69, 9.17) is 14.2 Å². The summed E-state index contributed by atoms with van der Waals surface area (Å²) in [6.07, 6.45) is 9.27. The minimum atomic E-state index is -0.535. The predicted octanol–water partition coefficient (Wildman–Crippen LogP) is 2.81. The highest BCUT2D eigenvalue weighted by atomic mass is 16.7. The Labute approximate surface area is 151 Å². The molecule has 140 valence electrons. The van der Waals surface area contributed by atoms with Crippen LogP contribution in [-0.4, -0.2) is 45.3 Å². The summed E-state index contributed by atoms with van der Waals surface area (Å²) < 4.78 is 18.8. The fourth-order valence-electron chi connectivity index (χ4n) is 9.79. The van der Waals surface area contributed by atoms with Crippen molar-refractivity contribution >= 4 is 0 Å². The summed E-state index contributed by atoms with van der Waals surface area (Å²) in [6.45, 7) is 1.27. The standard InChI is InChI=1S/C21H33NO3/c1-23-19-8-6-13-14-9-15-12-5-4-7-20(15,18(14)22-11-12)16(10-19)17(13)21(19,24-2)25-3/h12-18,22H,4-11H2,1-3H3/t12-,13+,14+,15+,16+,17+,18+,19+,20-/m0/s1. The lowest BCUT2D eigenvalue weighted by molar-refractivity contribution is -0.340. The van der Waals surface area contributed by atoms with Crippen LogP contribution in [0.3, 0.4) is 0 Å². The molecule has 9 atom stereocenters. The van der Waals surface area contributed by atoms with E-state index < -0.39 is 5.79 Å². The van der Waals surface area contributed by atoms with Crippen molar-refractivity contribution in [2.45, 2.75) is 62.4 Å². The summed E-state index contributed by atoms with van der Waals surface area (Å²) >= 11 is 0. The van der Waals surface area contributed by atoms with Gasteiger partial charge < -0.3 is 19.5 Å². The van der Waals surface area contributed by atoms with Crippen LogP contribution in [0, 0.1) is 40.9 Å². The summed E-state index contributed by atoms with van der Waals surface area (Å²) in [4.78, 5) is 0. The van der Waals surface area contributed by atoms with Gasteiger partial charge in [-0.3, -0.25) is 0 Å². The van der Waals surface area contributed by atoms with Crippen molar-refractivity contribution in [3.8, 4) is 0 Å². The average Bonchev–Trinajstić information content (AvgIpc) is 2.89. The van der Waals surface area contributed by atoms with E-state index >= 15 is 0 Å². The molecule has 0 radical (unpaired) electrons. The highest BCUT2D eigenvalue weighted by Crippen LogP contribution is 2.77. The Morgan fingerprint density at radius 1 is 0.920 bits per heavy atom. The lowest BCUT2D eigenvalue weighted by Crippen LogP contribution is -2.68. The third kappa shape index (κ3) is 1.44. The van der Waals surface area contributed by atoms with E-state index in [9.17, 15) is 0 Å². The quantitative estimate of drug-likeness (QED) is 0.797. The molecular weight excluding hydrogens is 314 g/mol. The number of hydrogen-bond donors (Lipinski definition) is 1. The Morgan fingerprint density at radius 3 is 2.52 bits per heavy atom. The molecule has 0 aromatic heterocycles. The van der Waals surface area contributed by atoms with E-state index in [0.717, 1.165) is 42.6 Å². The van der Waals surface area contributed by atoms with Gasteiger partial charge in [-0.15, -0.1) is 0 Å². The molecule has 0 aromatic rings. The first kappa shape index (κ1) is 15.9. The average molecular weight is 347 g/mol. The molecule has 4 nitrogen and oxygen atoms in total. The van der Waals surface area contributed by atoms with Crippen LogP contribution >= 0.6 is 0 Å². The molecule has 0 unspecified atom stereocenters. The topological polar surface area (TPSA) is 39.7 Å². The highest BCUT2D eigenvalue weighted by molar-refractivity contribution is 5.28. The van der Waals surface area contributed by atoms with Gasteiger partial charge >= 0.3 is 0 Å². The lowest BCUT2D eigenvalue weighted by atomic mass is 9.48. The number of fused-ring (bicyclic) bond motifs is 2. The molecule has 25 heavy (non-hydrogen) atoms. The molecule has 5 aliphatic carbocycles. The number of rotatable bonds is 3. The molecule has 7 bridgehead atoms. The summed E-state index contributed by atoms with van der Waals surface area (Å²) in [5, 5.41) is 4.07. The first-order valence-electron chi connectivity index (χ1n) is 10.6. The fourth-order valence-corrected chi connectivity index (χ4v) is 9.79. The summed E-state index contributed by atoms with van der Waals surface area (Å²) in [6, 6.07) is 0.748. The van der Waals surface area contributed by atoms with Gasteiger partial charge in [-0.25, -0.2) is 0 Å². The predicted molar refractivity (Wildman–Crippen MR) is 94.0 cm³/mol. The molecule has 0 aromatic carbocycles. The third-order valence-electron chi connectivity index (χ3n) is 10.2. The van der Waals surface area contributed by atoms with Crippen LogP contribution in [-0.2, 0) is 14.2 Å². The van der Waals surface area contributed by atoms with Crippen LogP contribution in [0.2, 0.25) is 0 Å². The van der Waals surface area contributed by atoms with Crippen molar-refractivity contribution in [3.63, 3.8) is 0 Å². The van der Waals surface area contributed by atoms with E-state index in [0.29, 0.717) is 17.3 Å². The van der Waals surface area contributed by atoms with E-state index in [-0.39, 0.29) is 5.60 Å². The van der Waals surface area contributed by atoms with Crippen LogP contribution in [0.25, 0.3) is 0 Å². The lowest BCUT2D eigenvalue weighted by Gasteiger charge is -2.61. The van der Waals surface area contributed by atoms with Gasteiger partial charge in [-0.1, -0.05) is 6.42 Å². The maximum absolute atomic E-state index is 6.27. The van der Waals surface area contributed by atoms with E-state index in [1.54, 1.807) is 0 Å². The Balaban J connectivity index is 1.56. The van der Waals surface area contributed by atoms with Gasteiger partial charge in [0.1, 0.15) is 5.60 Å². The number of methoxy groups -OCH3 is 3. The van der Waals surface area contributed by atoms with Gasteiger partial charge in [0, 0.05) is 33.3 Å². The van der Waals surface area contributed by atoms with E-state index in [1.807, 2.05) is 21.3 Å². The molecule has 6 aliphatic rings. The minimum Gasteiger partial charge on any atom is -0.373 e. The van der Waals surface area contributed by atoms with Gasteiger partial charge in [0.25, 0.3) is 0 Å². The number of piperidine rings is 1. The molecule has 1 heterocycles. The van der Waals surface area contributed by atoms with Crippen LogP contribution in [0.1, 0.15) is 44.9 Å². The molecule has 4 heteroatoms. The highest BCUT2D eigenvalue weighted by Gasteiger charge is 2.81. The van der Waals surface area contributed by atoms with Crippen LogP contribution < -0.4 is 5.32 Å². The Kier molecular flexibility index (Phi) is 3.05. The molecule has 1 N–H and O–H groups in total. The Bertz CT molecular complexity index is 592. The maximum Gasteiger partial charge on any atom is 0.200 e. The maximum atomic E-state index is 6.27. The molecule has 1 saturated heterocycles. The van der Waals surface area contributed by atoms with Crippen molar-refractivity contribution in [1.82, 2.24) is 5.32 Å². The third-order valence-corrected chi connectivity index (χ3v) is 10.2. The SMILES string of the molecule is COC1(OC)[C@@H]2[C@@H]3CC[C@@]1(OC)C[C@H]2[C@@]12CCC[C@H]4CN[C@@H]1[C@@H]3C[C@H]42. The Morgan fingerprint density at radius 2 is 1.76 bits per heavy atom. The zero-order valence-corrected chi connectivity index (χ0v) is 15.9. The van der Waals surface area contributed by atoms with Crippen molar-refractivity contribution in [2.24, 2.45) is 40.9 Å². The zero-order chi connectivity index (χ0) is 17.0. The van der Waals surface area contributed by atoms with Gasteiger partial charge in [-0.2, -0.15) is 0 Å². The van der Waals surface area contributed by atoms with Crippen molar-refractivity contribution in [1.29, 1.82) is 0 Å². The van der Waals surface area contributed by atoms with Gasteiger partial charge in [0.05, 0.1) is 0 Å². The molecule has 1 spiro atoms. The Hall–Kier alpha value is -0.160. The van der Waals surface area contributed by atoms with Gasteiger partial charge in [0.2, 0.25) is 5.79 Å². The molecule has 0 amide bonds. The molecular formula is C21H33NO3. The van der Waals surface area contributed by atoms with Crippen LogP contribution in [0.15, 0.2) is 0 Å². The van der Waals surface area contributed by atoms with Crippen LogP contribution in [0.5, 0.6) is 0 Å². The second-order valence-electron chi connectivity index (χ2n) is 9.97. The second-order valence-corrected chi connectivity index (χ2v) is 9.97. The largest absolute Gasteiger partial charge is 0.373 e. The van der Waals surface area contributed by atoms with Gasteiger partial charge in [0.15, 0.2) is 0 Å².